The molecule has 1 heterocycles. The summed E-state index contributed by atoms with van der Waals surface area (Å²) in [5, 5.41) is 38.0. The van der Waals surface area contributed by atoms with Crippen LogP contribution in [0, 0.1) is 5.82 Å². The highest BCUT2D eigenvalue weighted by Gasteiger charge is 2.22. The van der Waals surface area contributed by atoms with Crippen molar-refractivity contribution in [2.75, 3.05) is 17.6 Å². The van der Waals surface area contributed by atoms with Crippen molar-refractivity contribution in [1.29, 1.82) is 0 Å². The minimum absolute atomic E-state index is 0.0504. The molecule has 1 aromatic heterocycles. The lowest BCUT2D eigenvalue weighted by Crippen LogP contribution is -2.27. The van der Waals surface area contributed by atoms with Crippen LogP contribution in [0.15, 0.2) is 30.3 Å². The molecular formula is C22H30FN3O6S. The number of nitrogens with zero attached hydrogens (tertiary/aromatic N) is 3. The van der Waals surface area contributed by atoms with E-state index in [1.54, 1.807) is 6.08 Å². The van der Waals surface area contributed by atoms with Crippen LogP contribution in [0.1, 0.15) is 43.9 Å². The van der Waals surface area contributed by atoms with Crippen LogP contribution in [0.4, 0.5) is 10.3 Å². The van der Waals surface area contributed by atoms with Gasteiger partial charge in [0.25, 0.3) is 0 Å². The summed E-state index contributed by atoms with van der Waals surface area (Å²) in [7, 11) is -2.31. The third kappa shape index (κ3) is 7.54. The Bertz CT molecular complexity index is 1070. The summed E-state index contributed by atoms with van der Waals surface area (Å²) < 4.78 is 38.6. The van der Waals surface area contributed by atoms with Crippen molar-refractivity contribution in [3.05, 3.63) is 47.4 Å². The number of aliphatic hydroxyl groups is 4. The van der Waals surface area contributed by atoms with Crippen LogP contribution in [0.25, 0.3) is 17.3 Å². The predicted octanol–water partition coefficient (Wildman–Crippen LogP) is 1.63. The molecular weight excluding hydrogens is 453 g/mol. The minimum atomic E-state index is -3.64. The molecule has 2 atom stereocenters. The molecule has 11 heteroatoms. The molecule has 2 aromatic rings. The molecule has 182 valence electrons. The lowest BCUT2D eigenvalue weighted by atomic mass is 9.97. The van der Waals surface area contributed by atoms with E-state index in [-0.39, 0.29) is 24.7 Å². The van der Waals surface area contributed by atoms with E-state index in [4.69, 9.17) is 10.2 Å². The van der Waals surface area contributed by atoms with Gasteiger partial charge in [-0.15, -0.1) is 0 Å². The van der Waals surface area contributed by atoms with Gasteiger partial charge in [0, 0.05) is 31.0 Å². The number of aliphatic hydroxyl groups excluding tert-OH is 3. The Balaban J connectivity index is 2.60. The highest BCUT2D eigenvalue weighted by molar-refractivity contribution is 7.92. The van der Waals surface area contributed by atoms with E-state index in [0.29, 0.717) is 22.5 Å². The van der Waals surface area contributed by atoms with Crippen LogP contribution < -0.4 is 4.31 Å². The van der Waals surface area contributed by atoms with Crippen LogP contribution >= 0.6 is 0 Å². The molecule has 4 N–H and O–H groups in total. The van der Waals surface area contributed by atoms with Gasteiger partial charge >= 0.3 is 0 Å². The van der Waals surface area contributed by atoms with Gasteiger partial charge < -0.3 is 20.4 Å². The fraction of sp³-hybridized carbons (Fsp3) is 0.455. The number of hydrogen-bond donors (Lipinski definition) is 4. The first kappa shape index (κ1) is 26.8. The van der Waals surface area contributed by atoms with Gasteiger partial charge in [-0.3, -0.25) is 0 Å². The van der Waals surface area contributed by atoms with Gasteiger partial charge in [0.05, 0.1) is 29.9 Å². The Morgan fingerprint density at radius 1 is 1.06 bits per heavy atom. The largest absolute Gasteiger partial charge is 0.393 e. The van der Waals surface area contributed by atoms with E-state index >= 15 is 0 Å². The van der Waals surface area contributed by atoms with Crippen LogP contribution in [0.2, 0.25) is 0 Å². The monoisotopic (exact) mass is 483 g/mol. The van der Waals surface area contributed by atoms with Gasteiger partial charge in [0.2, 0.25) is 16.0 Å². The summed E-state index contributed by atoms with van der Waals surface area (Å²) in [4.78, 5) is 8.86. The van der Waals surface area contributed by atoms with Crippen molar-refractivity contribution in [2.45, 2.75) is 51.1 Å². The zero-order valence-electron chi connectivity index (χ0n) is 18.9. The number of sulfonamides is 1. The molecule has 0 aliphatic carbocycles. The summed E-state index contributed by atoms with van der Waals surface area (Å²) in [6, 6.07) is 5.52. The predicted molar refractivity (Wildman–Crippen MR) is 123 cm³/mol. The molecule has 9 nitrogen and oxygen atoms in total. The van der Waals surface area contributed by atoms with Gasteiger partial charge in [-0.05, 0) is 30.2 Å². The summed E-state index contributed by atoms with van der Waals surface area (Å²) >= 11 is 0. The summed E-state index contributed by atoms with van der Waals surface area (Å²) in [6.45, 7) is 3.72. The first-order chi connectivity index (χ1) is 15.3. The summed E-state index contributed by atoms with van der Waals surface area (Å²) in [5.41, 5.74) is 1.86. The van der Waals surface area contributed by atoms with Crippen LogP contribution in [0.3, 0.4) is 0 Å². The Morgan fingerprint density at radius 2 is 1.67 bits per heavy atom. The van der Waals surface area contributed by atoms with Gasteiger partial charge in [0.1, 0.15) is 5.82 Å². The molecule has 0 saturated carbocycles. The lowest BCUT2D eigenvalue weighted by molar-refractivity contribution is -0.0739. The molecule has 0 fully saturated rings. The molecule has 0 saturated heterocycles. The van der Waals surface area contributed by atoms with Crippen LogP contribution in [0.5, 0.6) is 0 Å². The van der Waals surface area contributed by atoms with Crippen molar-refractivity contribution < 1.29 is 33.2 Å². The third-order valence-corrected chi connectivity index (χ3v) is 6.05. The molecule has 0 amide bonds. The van der Waals surface area contributed by atoms with Gasteiger partial charge in [-0.1, -0.05) is 26.0 Å². The zero-order chi connectivity index (χ0) is 24.9. The van der Waals surface area contributed by atoms with Crippen molar-refractivity contribution in [2.24, 2.45) is 0 Å². The highest BCUT2D eigenvalue weighted by atomic mass is 32.2. The SMILES string of the molecule is CC(C)c1nc(N(C)S(C)(=O)=O)nc(-c2ccc(F)cc2)c1C=CC(O)C[C@@H](O)CC(O)O. The van der Waals surface area contributed by atoms with Crippen molar-refractivity contribution in [3.63, 3.8) is 0 Å². The first-order valence-corrected chi connectivity index (χ1v) is 12.2. The average molecular weight is 484 g/mol. The molecule has 0 spiro atoms. The van der Waals surface area contributed by atoms with Crippen molar-refractivity contribution >= 4 is 22.0 Å². The minimum Gasteiger partial charge on any atom is -0.393 e. The van der Waals surface area contributed by atoms with E-state index in [2.05, 4.69) is 9.97 Å². The second-order valence-corrected chi connectivity index (χ2v) is 10.1. The third-order valence-electron chi connectivity index (χ3n) is 4.89. The second kappa shape index (κ2) is 11.1. The molecule has 0 aliphatic rings. The quantitative estimate of drug-likeness (QED) is 0.373. The Morgan fingerprint density at radius 3 is 2.18 bits per heavy atom. The smallest absolute Gasteiger partial charge is 0.239 e. The Labute approximate surface area is 192 Å². The second-order valence-electron chi connectivity index (χ2n) is 8.10. The fourth-order valence-corrected chi connectivity index (χ4v) is 3.48. The maximum Gasteiger partial charge on any atom is 0.239 e. The van der Waals surface area contributed by atoms with E-state index in [9.17, 15) is 23.0 Å². The zero-order valence-corrected chi connectivity index (χ0v) is 19.7. The summed E-state index contributed by atoms with van der Waals surface area (Å²) in [5.74, 6) is -0.658. The van der Waals surface area contributed by atoms with Crippen LogP contribution in [-0.4, -0.2) is 70.6 Å². The fourth-order valence-electron chi connectivity index (χ4n) is 3.10. The number of rotatable bonds is 10. The number of benzene rings is 1. The Hall–Kier alpha value is -2.44. The number of anilines is 1. The van der Waals surface area contributed by atoms with Gasteiger partial charge in [0.15, 0.2) is 6.29 Å². The topological polar surface area (TPSA) is 144 Å². The average Bonchev–Trinajstić information content (AvgIpc) is 2.70. The van der Waals surface area contributed by atoms with E-state index in [1.165, 1.54) is 37.4 Å². The van der Waals surface area contributed by atoms with E-state index in [1.807, 2.05) is 13.8 Å². The first-order valence-electron chi connectivity index (χ1n) is 10.3. The summed E-state index contributed by atoms with van der Waals surface area (Å²) in [6.07, 6.45) is -0.379. The molecule has 33 heavy (non-hydrogen) atoms. The maximum atomic E-state index is 13.5. The molecule has 2 rings (SSSR count). The van der Waals surface area contributed by atoms with Gasteiger partial charge in [-0.2, -0.15) is 0 Å². The molecule has 1 aromatic carbocycles. The number of halogens is 1. The van der Waals surface area contributed by atoms with E-state index < -0.39 is 34.3 Å². The van der Waals surface area contributed by atoms with Gasteiger partial charge in [-0.25, -0.2) is 27.1 Å². The Kier molecular flexibility index (Phi) is 9.04. The molecule has 0 aliphatic heterocycles. The maximum absolute atomic E-state index is 13.5. The molecule has 0 radical (unpaired) electrons. The molecule has 0 bridgehead atoms. The highest BCUT2D eigenvalue weighted by Crippen LogP contribution is 2.31. The van der Waals surface area contributed by atoms with E-state index in [0.717, 1.165) is 10.6 Å². The normalized spacial score (nSPS) is 14.3. The number of hydrogen-bond acceptors (Lipinski definition) is 8. The molecule has 1 unspecified atom stereocenters. The number of aromatic nitrogens is 2. The van der Waals surface area contributed by atoms with Crippen molar-refractivity contribution in [3.8, 4) is 11.3 Å². The standard InChI is InChI=1S/C22H30FN3O6S/c1-13(2)20-18(10-9-16(27)11-17(28)12-19(29)30)21(14-5-7-15(23)8-6-14)25-22(24-20)26(3)33(4,31)32/h5-10,13,16-17,19,27-30H,11-12H2,1-4H3/t16?,17-/m1/s1. The lowest BCUT2D eigenvalue weighted by Gasteiger charge is -2.20. The van der Waals surface area contributed by atoms with Crippen molar-refractivity contribution in [1.82, 2.24) is 9.97 Å². The van der Waals surface area contributed by atoms with Crippen LogP contribution in [-0.2, 0) is 10.0 Å².